The maximum absolute atomic E-state index is 12.4. The molecule has 1 aromatic rings. The minimum atomic E-state index is -0.503. The van der Waals surface area contributed by atoms with Crippen molar-refractivity contribution in [2.24, 2.45) is 0 Å². The van der Waals surface area contributed by atoms with Gasteiger partial charge in [-0.1, -0.05) is 6.92 Å². The van der Waals surface area contributed by atoms with Crippen LogP contribution in [0.4, 0.5) is 10.2 Å². The standard InChI is InChI=1S/C7H9FN2/c1-2-5-3-6(8)10-7(9)4-5/h3-4H,2H2,1H3,(H2,9,10). The third kappa shape index (κ3) is 1.43. The van der Waals surface area contributed by atoms with E-state index in [1.165, 1.54) is 6.07 Å². The van der Waals surface area contributed by atoms with Gasteiger partial charge in [-0.2, -0.15) is 4.39 Å². The van der Waals surface area contributed by atoms with Crippen molar-refractivity contribution in [1.82, 2.24) is 4.98 Å². The summed E-state index contributed by atoms with van der Waals surface area (Å²) in [4.78, 5) is 3.39. The normalized spacial score (nSPS) is 9.80. The second kappa shape index (κ2) is 2.64. The van der Waals surface area contributed by atoms with Crippen molar-refractivity contribution in [2.45, 2.75) is 13.3 Å². The summed E-state index contributed by atoms with van der Waals surface area (Å²) in [5, 5.41) is 0. The number of aryl methyl sites for hydroxylation is 1. The molecule has 0 saturated carbocycles. The predicted molar refractivity (Wildman–Crippen MR) is 38.0 cm³/mol. The number of pyridine rings is 1. The Balaban J connectivity index is 3.06. The lowest BCUT2D eigenvalue weighted by Crippen LogP contribution is -1.94. The summed E-state index contributed by atoms with van der Waals surface area (Å²) in [7, 11) is 0. The molecule has 10 heavy (non-hydrogen) atoms. The number of anilines is 1. The van der Waals surface area contributed by atoms with Crippen LogP contribution in [-0.4, -0.2) is 4.98 Å². The Morgan fingerprint density at radius 3 is 2.80 bits per heavy atom. The van der Waals surface area contributed by atoms with Crippen LogP contribution >= 0.6 is 0 Å². The Bertz CT molecular complexity index is 215. The van der Waals surface area contributed by atoms with Gasteiger partial charge in [0.25, 0.3) is 0 Å². The molecule has 0 aliphatic rings. The van der Waals surface area contributed by atoms with Gasteiger partial charge in [-0.15, -0.1) is 0 Å². The van der Waals surface area contributed by atoms with Gasteiger partial charge in [-0.05, 0) is 24.1 Å². The van der Waals surface area contributed by atoms with Crippen molar-refractivity contribution in [3.05, 3.63) is 23.6 Å². The summed E-state index contributed by atoms with van der Waals surface area (Å²) >= 11 is 0. The highest BCUT2D eigenvalue weighted by atomic mass is 19.1. The fourth-order valence-corrected chi connectivity index (χ4v) is 0.777. The highest BCUT2D eigenvalue weighted by Crippen LogP contribution is 2.06. The topological polar surface area (TPSA) is 38.9 Å². The number of aromatic nitrogens is 1. The second-order valence-corrected chi connectivity index (χ2v) is 2.08. The molecule has 54 valence electrons. The van der Waals surface area contributed by atoms with Crippen molar-refractivity contribution < 1.29 is 4.39 Å². The molecular weight excluding hydrogens is 131 g/mol. The number of rotatable bonds is 1. The van der Waals surface area contributed by atoms with E-state index in [0.717, 1.165) is 12.0 Å². The Labute approximate surface area is 58.9 Å². The van der Waals surface area contributed by atoms with Gasteiger partial charge in [-0.3, -0.25) is 0 Å². The van der Waals surface area contributed by atoms with Gasteiger partial charge in [0, 0.05) is 0 Å². The van der Waals surface area contributed by atoms with E-state index >= 15 is 0 Å². The fourth-order valence-electron chi connectivity index (χ4n) is 0.777. The lowest BCUT2D eigenvalue weighted by molar-refractivity contribution is 0.583. The molecule has 0 saturated heterocycles. The maximum atomic E-state index is 12.4. The SMILES string of the molecule is CCc1cc(N)nc(F)c1. The maximum Gasteiger partial charge on any atom is 0.215 e. The molecule has 0 amide bonds. The lowest BCUT2D eigenvalue weighted by atomic mass is 10.2. The minimum Gasteiger partial charge on any atom is -0.384 e. The first-order chi connectivity index (χ1) is 4.72. The molecular formula is C7H9FN2. The molecule has 0 atom stereocenters. The van der Waals surface area contributed by atoms with E-state index < -0.39 is 5.95 Å². The van der Waals surface area contributed by atoms with E-state index in [1.807, 2.05) is 6.92 Å². The molecule has 0 aliphatic heterocycles. The lowest BCUT2D eigenvalue weighted by Gasteiger charge is -1.96. The number of nitrogens with zero attached hydrogens (tertiary/aromatic N) is 1. The van der Waals surface area contributed by atoms with Crippen LogP contribution in [0.1, 0.15) is 12.5 Å². The van der Waals surface area contributed by atoms with Crippen LogP contribution in [0.15, 0.2) is 12.1 Å². The van der Waals surface area contributed by atoms with E-state index in [1.54, 1.807) is 6.07 Å². The average Bonchev–Trinajstić information content (AvgIpc) is 1.85. The summed E-state index contributed by atoms with van der Waals surface area (Å²) in [5.74, 6) is -0.256. The second-order valence-electron chi connectivity index (χ2n) is 2.08. The molecule has 1 rings (SSSR count). The molecule has 2 N–H and O–H groups in total. The van der Waals surface area contributed by atoms with Gasteiger partial charge in [0.2, 0.25) is 5.95 Å². The van der Waals surface area contributed by atoms with E-state index in [-0.39, 0.29) is 5.82 Å². The van der Waals surface area contributed by atoms with Crippen LogP contribution in [0.3, 0.4) is 0 Å². The van der Waals surface area contributed by atoms with Crippen molar-refractivity contribution in [1.29, 1.82) is 0 Å². The molecule has 0 bridgehead atoms. The third-order valence-corrected chi connectivity index (χ3v) is 1.28. The van der Waals surface area contributed by atoms with Gasteiger partial charge in [0.05, 0.1) is 0 Å². The van der Waals surface area contributed by atoms with Crippen LogP contribution < -0.4 is 5.73 Å². The third-order valence-electron chi connectivity index (χ3n) is 1.28. The van der Waals surface area contributed by atoms with Crippen LogP contribution in [0.25, 0.3) is 0 Å². The summed E-state index contributed by atoms with van der Waals surface area (Å²) in [5.41, 5.74) is 6.16. The quantitative estimate of drug-likeness (QED) is 0.598. The van der Waals surface area contributed by atoms with Gasteiger partial charge in [0.1, 0.15) is 5.82 Å². The summed E-state index contributed by atoms with van der Waals surface area (Å²) in [6, 6.07) is 3.06. The summed E-state index contributed by atoms with van der Waals surface area (Å²) < 4.78 is 12.4. The fraction of sp³-hybridized carbons (Fsp3) is 0.286. The van der Waals surface area contributed by atoms with E-state index in [4.69, 9.17) is 5.73 Å². The van der Waals surface area contributed by atoms with E-state index in [9.17, 15) is 4.39 Å². The molecule has 1 heterocycles. The largest absolute Gasteiger partial charge is 0.384 e. The molecule has 0 unspecified atom stereocenters. The van der Waals surface area contributed by atoms with Gasteiger partial charge < -0.3 is 5.73 Å². The van der Waals surface area contributed by atoms with E-state index in [0.29, 0.717) is 0 Å². The van der Waals surface area contributed by atoms with Crippen molar-refractivity contribution >= 4 is 5.82 Å². The first-order valence-electron chi connectivity index (χ1n) is 3.14. The molecule has 1 aromatic heterocycles. The monoisotopic (exact) mass is 140 g/mol. The highest BCUT2D eigenvalue weighted by Gasteiger charge is 1.95. The number of hydrogen-bond acceptors (Lipinski definition) is 2. The summed E-state index contributed by atoms with van der Waals surface area (Å²) in [6.45, 7) is 1.94. The molecule has 0 fully saturated rings. The summed E-state index contributed by atoms with van der Waals surface area (Å²) in [6.07, 6.45) is 0.781. The zero-order valence-corrected chi connectivity index (χ0v) is 5.76. The van der Waals surface area contributed by atoms with Crippen LogP contribution in [0.5, 0.6) is 0 Å². The minimum absolute atomic E-state index is 0.247. The number of nitrogens with two attached hydrogens (primary N) is 1. The number of hydrogen-bond donors (Lipinski definition) is 1. The first-order valence-corrected chi connectivity index (χ1v) is 3.14. The predicted octanol–water partition coefficient (Wildman–Crippen LogP) is 1.37. The van der Waals surface area contributed by atoms with Crippen molar-refractivity contribution in [2.75, 3.05) is 5.73 Å². The Morgan fingerprint density at radius 2 is 2.30 bits per heavy atom. The number of halogens is 1. The molecule has 0 aliphatic carbocycles. The van der Waals surface area contributed by atoms with Crippen LogP contribution in [-0.2, 0) is 6.42 Å². The van der Waals surface area contributed by atoms with Gasteiger partial charge in [-0.25, -0.2) is 4.98 Å². The zero-order valence-electron chi connectivity index (χ0n) is 5.76. The highest BCUT2D eigenvalue weighted by molar-refractivity contribution is 5.32. The number of nitrogen functional groups attached to an aromatic ring is 1. The molecule has 0 radical (unpaired) electrons. The van der Waals surface area contributed by atoms with Gasteiger partial charge in [0.15, 0.2) is 0 Å². The molecule has 0 spiro atoms. The molecule has 3 heteroatoms. The van der Waals surface area contributed by atoms with E-state index in [2.05, 4.69) is 4.98 Å². The smallest absolute Gasteiger partial charge is 0.215 e. The van der Waals surface area contributed by atoms with Crippen LogP contribution in [0, 0.1) is 5.95 Å². The Hall–Kier alpha value is -1.12. The first kappa shape index (κ1) is 6.99. The van der Waals surface area contributed by atoms with Crippen molar-refractivity contribution in [3.63, 3.8) is 0 Å². The molecule has 2 nitrogen and oxygen atoms in total. The van der Waals surface area contributed by atoms with Gasteiger partial charge >= 0.3 is 0 Å². The van der Waals surface area contributed by atoms with Crippen LogP contribution in [0.2, 0.25) is 0 Å². The van der Waals surface area contributed by atoms with Crippen molar-refractivity contribution in [3.8, 4) is 0 Å². The Kier molecular flexibility index (Phi) is 1.85. The average molecular weight is 140 g/mol. The Morgan fingerprint density at radius 1 is 1.60 bits per heavy atom. The zero-order chi connectivity index (χ0) is 7.56. The molecule has 0 aromatic carbocycles.